The fourth-order valence-electron chi connectivity index (χ4n) is 5.92. The number of ether oxygens (including phenoxy) is 1. The van der Waals surface area contributed by atoms with Gasteiger partial charge in [-0.3, -0.25) is 0 Å². The summed E-state index contributed by atoms with van der Waals surface area (Å²) < 4.78 is 5.45. The molecule has 48 heavy (non-hydrogen) atoms. The number of aliphatic carboxylic acids is 1. The van der Waals surface area contributed by atoms with Crippen LogP contribution in [0.25, 0.3) is 27.8 Å². The van der Waals surface area contributed by atoms with Crippen LogP contribution in [0.2, 0.25) is 0 Å². The second-order valence-electron chi connectivity index (χ2n) is 12.9. The predicted molar refractivity (Wildman–Crippen MR) is 203 cm³/mol. The normalized spacial score (nSPS) is 11.2. The van der Waals surface area contributed by atoms with Crippen LogP contribution in [0.4, 0.5) is 0 Å². The lowest BCUT2D eigenvalue weighted by atomic mass is 9.89. The van der Waals surface area contributed by atoms with E-state index in [4.69, 9.17) is 9.84 Å². The third-order valence-electron chi connectivity index (χ3n) is 8.81. The molecule has 246 valence electrons. The number of carbonyl (C=O) groups is 1. The highest BCUT2D eigenvalue weighted by molar-refractivity contribution is 7.99. The summed E-state index contributed by atoms with van der Waals surface area (Å²) in [5.74, 6) is 1.42. The molecule has 5 aromatic carbocycles. The molecule has 0 aliphatic heterocycles. The molecule has 0 aliphatic carbocycles. The zero-order valence-corrected chi connectivity index (χ0v) is 29.7. The van der Waals surface area contributed by atoms with Gasteiger partial charge in [0.1, 0.15) is 5.75 Å². The maximum atomic E-state index is 11.0. The Hall–Kier alpha value is -4.54. The number of hydrogen-bond acceptors (Lipinski definition) is 3. The number of carboxylic acid groups (broad SMARTS) is 1. The van der Waals surface area contributed by atoms with E-state index in [-0.39, 0.29) is 6.61 Å². The van der Waals surface area contributed by atoms with Gasteiger partial charge in [0, 0.05) is 10.6 Å². The van der Waals surface area contributed by atoms with E-state index in [1.54, 1.807) is 11.8 Å². The molecule has 0 aromatic heterocycles. The van der Waals surface area contributed by atoms with Gasteiger partial charge in [0.05, 0.1) is 0 Å². The Morgan fingerprint density at radius 2 is 1.21 bits per heavy atom. The summed E-state index contributed by atoms with van der Waals surface area (Å²) in [6.07, 6.45) is 0.914. The molecule has 0 spiro atoms. The zero-order chi connectivity index (χ0) is 34.2. The minimum absolute atomic E-state index is 0.344. The first-order valence-corrected chi connectivity index (χ1v) is 17.8. The highest BCUT2D eigenvalue weighted by Crippen LogP contribution is 2.36. The molecule has 0 bridgehead atoms. The first kappa shape index (κ1) is 34.8. The van der Waals surface area contributed by atoms with Crippen molar-refractivity contribution in [3.63, 3.8) is 0 Å². The Kier molecular flexibility index (Phi) is 11.6. The van der Waals surface area contributed by atoms with Gasteiger partial charge in [-0.25, -0.2) is 4.79 Å². The molecule has 0 radical (unpaired) electrons. The summed E-state index contributed by atoms with van der Waals surface area (Å²) in [5.41, 5.74) is 13.6. The SMILES string of the molecule is CCC(CSc1ccc(OCC(=O)O)c(C)c1)=C(c1ccc(-c2cccc(C(C)C)c2)cc1)c1ccc(-c2cccc(C(C)C)c2)cc1. The van der Waals surface area contributed by atoms with Gasteiger partial charge in [0.25, 0.3) is 0 Å². The monoisotopic (exact) mass is 654 g/mol. The highest BCUT2D eigenvalue weighted by atomic mass is 32.2. The Morgan fingerprint density at radius 1 is 0.688 bits per heavy atom. The van der Waals surface area contributed by atoms with E-state index in [1.807, 2.05) is 19.1 Å². The van der Waals surface area contributed by atoms with E-state index >= 15 is 0 Å². The highest BCUT2D eigenvalue weighted by Gasteiger charge is 2.14. The van der Waals surface area contributed by atoms with E-state index in [0.717, 1.165) is 22.6 Å². The van der Waals surface area contributed by atoms with Crippen LogP contribution in [-0.2, 0) is 4.79 Å². The van der Waals surface area contributed by atoms with Crippen molar-refractivity contribution in [2.75, 3.05) is 12.4 Å². The molecule has 5 aromatic rings. The van der Waals surface area contributed by atoms with Crippen molar-refractivity contribution < 1.29 is 14.6 Å². The maximum Gasteiger partial charge on any atom is 0.341 e. The second kappa shape index (κ2) is 16.0. The quantitative estimate of drug-likeness (QED) is 0.128. The van der Waals surface area contributed by atoms with Crippen molar-refractivity contribution >= 4 is 23.3 Å². The predicted octanol–water partition coefficient (Wildman–Crippen LogP) is 12.0. The number of aryl methyl sites for hydroxylation is 1. The molecule has 0 saturated carbocycles. The van der Waals surface area contributed by atoms with Crippen molar-refractivity contribution in [3.05, 3.63) is 149 Å². The average Bonchev–Trinajstić information content (AvgIpc) is 3.10. The molecule has 0 atom stereocenters. The largest absolute Gasteiger partial charge is 0.482 e. The Labute approximate surface area is 290 Å². The van der Waals surface area contributed by atoms with E-state index in [1.165, 1.54) is 55.7 Å². The molecule has 5 rings (SSSR count). The molecule has 0 unspecified atom stereocenters. The molecule has 0 amide bonds. The van der Waals surface area contributed by atoms with Gasteiger partial charge in [0.15, 0.2) is 6.61 Å². The number of carboxylic acids is 1. The van der Waals surface area contributed by atoms with E-state index in [9.17, 15) is 4.79 Å². The average molecular weight is 655 g/mol. The third-order valence-corrected chi connectivity index (χ3v) is 9.89. The van der Waals surface area contributed by atoms with Crippen LogP contribution in [0.15, 0.2) is 126 Å². The van der Waals surface area contributed by atoms with Crippen LogP contribution in [0.1, 0.15) is 80.7 Å². The smallest absolute Gasteiger partial charge is 0.341 e. The zero-order valence-electron chi connectivity index (χ0n) is 28.9. The summed E-state index contributed by atoms with van der Waals surface area (Å²) in [6.45, 7) is 12.8. The Morgan fingerprint density at radius 3 is 1.65 bits per heavy atom. The van der Waals surface area contributed by atoms with E-state index in [0.29, 0.717) is 17.6 Å². The van der Waals surface area contributed by atoms with Crippen LogP contribution in [-0.4, -0.2) is 23.4 Å². The second-order valence-corrected chi connectivity index (χ2v) is 14.0. The summed E-state index contributed by atoms with van der Waals surface area (Å²) in [4.78, 5) is 12.1. The summed E-state index contributed by atoms with van der Waals surface area (Å²) in [5, 5.41) is 9.01. The first-order chi connectivity index (χ1) is 23.1. The van der Waals surface area contributed by atoms with E-state index < -0.39 is 5.97 Å². The molecular formula is C44H46O3S. The van der Waals surface area contributed by atoms with Gasteiger partial charge >= 0.3 is 5.97 Å². The summed E-state index contributed by atoms with van der Waals surface area (Å²) in [7, 11) is 0. The molecule has 0 saturated heterocycles. The van der Waals surface area contributed by atoms with Crippen LogP contribution < -0.4 is 4.74 Å². The maximum absolute atomic E-state index is 11.0. The molecule has 0 fully saturated rings. The van der Waals surface area contributed by atoms with Crippen molar-refractivity contribution in [2.24, 2.45) is 0 Å². The lowest BCUT2D eigenvalue weighted by Gasteiger charge is -2.18. The number of hydrogen-bond donors (Lipinski definition) is 1. The van der Waals surface area contributed by atoms with Gasteiger partial charge in [-0.15, -0.1) is 11.8 Å². The van der Waals surface area contributed by atoms with E-state index in [2.05, 4.69) is 138 Å². The van der Waals surface area contributed by atoms with Crippen LogP contribution >= 0.6 is 11.8 Å². The van der Waals surface area contributed by atoms with Crippen LogP contribution in [0, 0.1) is 6.92 Å². The van der Waals surface area contributed by atoms with Crippen molar-refractivity contribution in [1.82, 2.24) is 0 Å². The standard InChI is InChI=1S/C44H46O3S/c1-7-32(28-48-41-22-23-42(31(6)24-41)47-27-43(45)46)44(35-18-14-33(15-19-35)39-12-8-10-37(25-39)29(2)3)36-20-16-34(17-21-36)40-13-9-11-38(26-40)30(4)5/h8-26,29-30H,7,27-28H2,1-6H3,(H,45,46). The molecule has 0 aliphatic rings. The Balaban J connectivity index is 1.50. The van der Waals surface area contributed by atoms with Crippen molar-refractivity contribution in [3.8, 4) is 28.0 Å². The van der Waals surface area contributed by atoms with Gasteiger partial charge in [-0.05, 0) is 99.0 Å². The van der Waals surface area contributed by atoms with Gasteiger partial charge in [-0.1, -0.05) is 137 Å². The number of rotatable bonds is 13. The summed E-state index contributed by atoms with van der Waals surface area (Å²) >= 11 is 1.80. The number of thioether (sulfide) groups is 1. The third kappa shape index (κ3) is 8.67. The molecule has 4 heteroatoms. The lowest BCUT2D eigenvalue weighted by molar-refractivity contribution is -0.139. The topological polar surface area (TPSA) is 46.5 Å². The minimum atomic E-state index is -0.979. The van der Waals surface area contributed by atoms with Crippen LogP contribution in [0.3, 0.4) is 0 Å². The molecule has 3 nitrogen and oxygen atoms in total. The van der Waals surface area contributed by atoms with Gasteiger partial charge in [0.2, 0.25) is 0 Å². The Bertz CT molecular complexity index is 1790. The minimum Gasteiger partial charge on any atom is -0.482 e. The van der Waals surface area contributed by atoms with Crippen molar-refractivity contribution in [1.29, 1.82) is 0 Å². The molecular weight excluding hydrogens is 609 g/mol. The fraction of sp³-hybridized carbons (Fsp3) is 0.250. The fourth-order valence-corrected chi connectivity index (χ4v) is 7.04. The first-order valence-electron chi connectivity index (χ1n) is 16.8. The number of benzene rings is 5. The van der Waals surface area contributed by atoms with Gasteiger partial charge in [-0.2, -0.15) is 0 Å². The van der Waals surface area contributed by atoms with Gasteiger partial charge < -0.3 is 9.84 Å². The molecule has 0 heterocycles. The van der Waals surface area contributed by atoms with Crippen LogP contribution in [0.5, 0.6) is 5.75 Å². The summed E-state index contributed by atoms with van der Waals surface area (Å²) in [6, 6.07) is 41.8. The van der Waals surface area contributed by atoms with Crippen molar-refractivity contribution in [2.45, 2.75) is 64.7 Å². The lowest BCUT2D eigenvalue weighted by Crippen LogP contribution is -2.10. The molecule has 1 N–H and O–H groups in total.